The van der Waals surface area contributed by atoms with Crippen LogP contribution in [0.25, 0.3) is 11.0 Å². The molecule has 28 heavy (non-hydrogen) atoms. The molecule has 0 saturated carbocycles. The molecule has 1 aromatic heterocycles. The molecule has 0 radical (unpaired) electrons. The van der Waals surface area contributed by atoms with Gasteiger partial charge in [0.25, 0.3) is 0 Å². The quantitative estimate of drug-likeness (QED) is 0.453. The van der Waals surface area contributed by atoms with Crippen molar-refractivity contribution in [3.63, 3.8) is 0 Å². The Hall–Kier alpha value is -3.18. The number of sulfone groups is 1. The molecule has 0 aliphatic carbocycles. The lowest BCUT2D eigenvalue weighted by atomic mass is 10.0. The Kier molecular flexibility index (Phi) is 4.61. The summed E-state index contributed by atoms with van der Waals surface area (Å²) in [5.74, 6) is -0.464. The van der Waals surface area contributed by atoms with Gasteiger partial charge in [-0.15, -0.1) is 0 Å². The number of hydrogen-bond donors (Lipinski definition) is 0. The first-order chi connectivity index (χ1) is 13.5. The molecular weight excluding hydrogens is 372 g/mol. The zero-order valence-electron chi connectivity index (χ0n) is 15.3. The van der Waals surface area contributed by atoms with Gasteiger partial charge < -0.3 is 4.42 Å². The van der Waals surface area contributed by atoms with Crippen LogP contribution in [-0.4, -0.2) is 14.2 Å². The van der Waals surface area contributed by atoms with Crippen LogP contribution in [0.2, 0.25) is 0 Å². The third-order valence-corrected chi connectivity index (χ3v) is 6.27. The molecule has 1 heterocycles. The number of carbonyl (C=O) groups excluding carboxylic acids is 1. The Morgan fingerprint density at radius 3 is 2.21 bits per heavy atom. The molecular formula is C23H18O4S. The molecule has 0 spiro atoms. The van der Waals surface area contributed by atoms with Crippen LogP contribution in [0, 0.1) is 6.92 Å². The minimum Gasteiger partial charge on any atom is -0.459 e. The maximum atomic E-state index is 13.2. The summed E-state index contributed by atoms with van der Waals surface area (Å²) in [5, 5.41) is 0.616. The van der Waals surface area contributed by atoms with Gasteiger partial charge in [-0.1, -0.05) is 66.2 Å². The summed E-state index contributed by atoms with van der Waals surface area (Å²) in [6.07, 6.45) is 0. The van der Waals surface area contributed by atoms with E-state index in [9.17, 15) is 13.2 Å². The number of ketones is 1. The summed E-state index contributed by atoms with van der Waals surface area (Å²) in [6.45, 7) is 1.90. The van der Waals surface area contributed by atoms with Crippen molar-refractivity contribution in [2.24, 2.45) is 0 Å². The highest BCUT2D eigenvalue weighted by Crippen LogP contribution is 2.31. The van der Waals surface area contributed by atoms with Crippen molar-refractivity contribution in [2.45, 2.75) is 17.6 Å². The van der Waals surface area contributed by atoms with Gasteiger partial charge in [-0.05, 0) is 25.1 Å². The standard InChI is InChI=1S/C23H18O4S/c1-16-11-13-18(14-12-16)28(25,26)15-21-22(19-9-5-6-10-20(19)27-21)23(24)17-7-3-2-4-8-17/h2-14H,15H2,1H3. The van der Waals surface area contributed by atoms with Gasteiger partial charge in [0.15, 0.2) is 15.6 Å². The van der Waals surface area contributed by atoms with Gasteiger partial charge in [0.2, 0.25) is 0 Å². The van der Waals surface area contributed by atoms with Crippen LogP contribution in [-0.2, 0) is 15.6 Å². The van der Waals surface area contributed by atoms with Crippen LogP contribution in [0.1, 0.15) is 27.2 Å². The predicted octanol–water partition coefficient (Wildman–Crippen LogP) is 4.95. The first kappa shape index (κ1) is 18.2. The first-order valence-electron chi connectivity index (χ1n) is 8.85. The molecule has 5 heteroatoms. The Balaban J connectivity index is 1.83. The van der Waals surface area contributed by atoms with Gasteiger partial charge in [0.1, 0.15) is 17.1 Å². The normalized spacial score (nSPS) is 11.6. The highest BCUT2D eigenvalue weighted by Gasteiger charge is 2.26. The average Bonchev–Trinajstić information content (AvgIpc) is 3.05. The Labute approximate surface area is 163 Å². The Morgan fingerprint density at radius 2 is 1.50 bits per heavy atom. The van der Waals surface area contributed by atoms with E-state index in [2.05, 4.69) is 0 Å². The summed E-state index contributed by atoms with van der Waals surface area (Å²) >= 11 is 0. The lowest BCUT2D eigenvalue weighted by molar-refractivity contribution is 0.103. The molecule has 4 rings (SSSR count). The summed E-state index contributed by atoms with van der Waals surface area (Å²) in [7, 11) is -3.66. The largest absolute Gasteiger partial charge is 0.459 e. The van der Waals surface area contributed by atoms with Crippen LogP contribution in [0.4, 0.5) is 0 Å². The fourth-order valence-corrected chi connectivity index (χ4v) is 4.45. The van der Waals surface area contributed by atoms with Crippen LogP contribution < -0.4 is 0 Å². The highest BCUT2D eigenvalue weighted by molar-refractivity contribution is 7.90. The van der Waals surface area contributed by atoms with Crippen LogP contribution >= 0.6 is 0 Å². The lowest BCUT2D eigenvalue weighted by Gasteiger charge is -2.06. The van der Waals surface area contributed by atoms with E-state index < -0.39 is 9.84 Å². The topological polar surface area (TPSA) is 64.3 Å². The van der Waals surface area contributed by atoms with Crippen molar-refractivity contribution in [2.75, 3.05) is 0 Å². The number of rotatable bonds is 5. The van der Waals surface area contributed by atoms with E-state index in [1.165, 1.54) is 0 Å². The second-order valence-electron chi connectivity index (χ2n) is 6.66. The minimum atomic E-state index is -3.66. The highest BCUT2D eigenvalue weighted by atomic mass is 32.2. The monoisotopic (exact) mass is 390 g/mol. The van der Waals surface area contributed by atoms with E-state index in [0.29, 0.717) is 22.1 Å². The summed E-state index contributed by atoms with van der Waals surface area (Å²) < 4.78 is 31.7. The lowest BCUT2D eigenvalue weighted by Crippen LogP contribution is -2.09. The summed E-state index contributed by atoms with van der Waals surface area (Å²) in [6, 6.07) is 22.6. The molecule has 0 aliphatic rings. The van der Waals surface area contributed by atoms with Crippen molar-refractivity contribution in [3.8, 4) is 0 Å². The molecule has 140 valence electrons. The SMILES string of the molecule is Cc1ccc(S(=O)(=O)Cc2oc3ccccc3c2C(=O)c2ccccc2)cc1. The van der Waals surface area contributed by atoms with Crippen molar-refractivity contribution >= 4 is 26.6 Å². The third kappa shape index (κ3) is 3.37. The van der Waals surface area contributed by atoms with Gasteiger partial charge in [-0.3, -0.25) is 4.79 Å². The van der Waals surface area contributed by atoms with Crippen molar-refractivity contribution in [1.82, 2.24) is 0 Å². The average molecular weight is 390 g/mol. The van der Waals surface area contributed by atoms with E-state index >= 15 is 0 Å². The fraction of sp³-hybridized carbons (Fsp3) is 0.0870. The number of fused-ring (bicyclic) bond motifs is 1. The molecule has 0 saturated heterocycles. The maximum absolute atomic E-state index is 13.2. The van der Waals surface area contributed by atoms with Crippen LogP contribution in [0.5, 0.6) is 0 Å². The minimum absolute atomic E-state index is 0.163. The van der Waals surface area contributed by atoms with Gasteiger partial charge in [0, 0.05) is 10.9 Å². The van der Waals surface area contributed by atoms with E-state index in [4.69, 9.17) is 4.42 Å². The van der Waals surface area contributed by atoms with Crippen LogP contribution in [0.15, 0.2) is 88.2 Å². The second-order valence-corrected chi connectivity index (χ2v) is 8.65. The maximum Gasteiger partial charge on any atom is 0.197 e. The number of furan rings is 1. The second kappa shape index (κ2) is 7.09. The van der Waals surface area contributed by atoms with E-state index in [-0.39, 0.29) is 22.2 Å². The molecule has 0 fully saturated rings. The van der Waals surface area contributed by atoms with Gasteiger partial charge >= 0.3 is 0 Å². The molecule has 0 amide bonds. The zero-order valence-corrected chi connectivity index (χ0v) is 16.1. The van der Waals surface area contributed by atoms with Gasteiger partial charge in [-0.2, -0.15) is 0 Å². The molecule has 0 unspecified atom stereocenters. The van der Waals surface area contributed by atoms with Gasteiger partial charge in [0.05, 0.1) is 10.5 Å². The zero-order chi connectivity index (χ0) is 19.7. The van der Waals surface area contributed by atoms with E-state index in [1.807, 2.05) is 13.0 Å². The summed E-state index contributed by atoms with van der Waals surface area (Å²) in [4.78, 5) is 13.4. The van der Waals surface area contributed by atoms with Crippen molar-refractivity contribution in [3.05, 3.63) is 101 Å². The third-order valence-electron chi connectivity index (χ3n) is 4.63. The first-order valence-corrected chi connectivity index (χ1v) is 10.5. The van der Waals surface area contributed by atoms with Crippen molar-refractivity contribution in [1.29, 1.82) is 0 Å². The smallest absolute Gasteiger partial charge is 0.197 e. The summed E-state index contributed by atoms with van der Waals surface area (Å²) in [5.41, 5.74) is 2.26. The predicted molar refractivity (Wildman–Crippen MR) is 108 cm³/mol. The number of benzene rings is 3. The Bertz CT molecular complexity index is 1250. The number of hydrogen-bond acceptors (Lipinski definition) is 4. The molecule has 0 aliphatic heterocycles. The van der Waals surface area contributed by atoms with E-state index in [0.717, 1.165) is 5.56 Å². The van der Waals surface area contributed by atoms with Gasteiger partial charge in [-0.25, -0.2) is 8.42 Å². The van der Waals surface area contributed by atoms with E-state index in [1.54, 1.807) is 72.8 Å². The number of aryl methyl sites for hydroxylation is 1. The Morgan fingerprint density at radius 1 is 0.857 bits per heavy atom. The van der Waals surface area contributed by atoms with Crippen LogP contribution in [0.3, 0.4) is 0 Å². The number of para-hydroxylation sites is 1. The number of carbonyl (C=O) groups is 1. The fourth-order valence-electron chi connectivity index (χ4n) is 3.18. The molecule has 0 bridgehead atoms. The molecule has 0 atom stereocenters. The molecule has 4 aromatic rings. The molecule has 4 nitrogen and oxygen atoms in total. The molecule has 0 N–H and O–H groups in total. The van der Waals surface area contributed by atoms with Crippen molar-refractivity contribution < 1.29 is 17.6 Å². The molecule has 3 aromatic carbocycles.